The van der Waals surface area contributed by atoms with Crippen LogP contribution >= 0.6 is 11.6 Å². The molecule has 106 valence electrons. The van der Waals surface area contributed by atoms with Crippen LogP contribution in [0.1, 0.15) is 31.9 Å². The van der Waals surface area contributed by atoms with E-state index in [0.29, 0.717) is 16.7 Å². The molecule has 1 unspecified atom stereocenters. The summed E-state index contributed by atoms with van der Waals surface area (Å²) in [7, 11) is 1.60. The molecule has 0 heterocycles. The van der Waals surface area contributed by atoms with Crippen LogP contribution in [0.15, 0.2) is 18.2 Å². The predicted octanol–water partition coefficient (Wildman–Crippen LogP) is 2.51. The summed E-state index contributed by atoms with van der Waals surface area (Å²) in [5.74, 6) is 0.951. The quantitative estimate of drug-likeness (QED) is 0.844. The first-order valence-electron chi connectivity index (χ1n) is 6.30. The van der Waals surface area contributed by atoms with Crippen molar-refractivity contribution >= 4 is 17.5 Å². The molecule has 0 spiro atoms. The summed E-state index contributed by atoms with van der Waals surface area (Å²) in [4.78, 5) is 11.6. The Morgan fingerprint density at radius 1 is 1.47 bits per heavy atom. The molecule has 0 bridgehead atoms. The van der Waals surface area contributed by atoms with Crippen molar-refractivity contribution in [2.75, 3.05) is 13.7 Å². The molecule has 0 fully saturated rings. The highest BCUT2D eigenvalue weighted by molar-refractivity contribution is 6.30. The maximum absolute atomic E-state index is 11.6. The van der Waals surface area contributed by atoms with Gasteiger partial charge in [0.1, 0.15) is 5.75 Å². The van der Waals surface area contributed by atoms with Gasteiger partial charge in [0.05, 0.1) is 19.7 Å². The second-order valence-corrected chi connectivity index (χ2v) is 5.28. The molecule has 3 N–H and O–H groups in total. The highest BCUT2D eigenvalue weighted by atomic mass is 35.5. The molecule has 1 rings (SSSR count). The van der Waals surface area contributed by atoms with Crippen molar-refractivity contribution in [3.05, 3.63) is 28.8 Å². The van der Waals surface area contributed by atoms with E-state index in [1.54, 1.807) is 19.2 Å². The largest absolute Gasteiger partial charge is 0.496 e. The van der Waals surface area contributed by atoms with Crippen molar-refractivity contribution in [1.29, 1.82) is 0 Å². The third kappa shape index (κ3) is 4.73. The smallest absolute Gasteiger partial charge is 0.234 e. The van der Waals surface area contributed by atoms with Crippen molar-refractivity contribution in [2.24, 2.45) is 11.7 Å². The Balaban J connectivity index is 3.07. The minimum Gasteiger partial charge on any atom is -0.496 e. The van der Waals surface area contributed by atoms with E-state index in [2.05, 4.69) is 19.2 Å². The van der Waals surface area contributed by atoms with E-state index in [1.807, 2.05) is 6.07 Å². The molecule has 1 aromatic rings. The van der Waals surface area contributed by atoms with Crippen LogP contribution in [0.5, 0.6) is 5.75 Å². The zero-order valence-corrected chi connectivity index (χ0v) is 12.3. The molecule has 0 saturated heterocycles. The molecule has 1 amide bonds. The molecule has 1 atom stereocenters. The van der Waals surface area contributed by atoms with Gasteiger partial charge in [-0.1, -0.05) is 25.4 Å². The van der Waals surface area contributed by atoms with Crippen LogP contribution in [0.3, 0.4) is 0 Å². The summed E-state index contributed by atoms with van der Waals surface area (Å²) >= 11 is 6.03. The molecule has 4 nitrogen and oxygen atoms in total. The summed E-state index contributed by atoms with van der Waals surface area (Å²) in [6.07, 6.45) is 0.794. The van der Waals surface area contributed by atoms with Gasteiger partial charge in [-0.15, -0.1) is 0 Å². The number of hydrogen-bond acceptors (Lipinski definition) is 3. The summed E-state index contributed by atoms with van der Waals surface area (Å²) in [5.41, 5.74) is 6.24. The Bertz CT molecular complexity index is 435. The number of ether oxygens (including phenoxy) is 1. The van der Waals surface area contributed by atoms with Crippen LogP contribution in [0, 0.1) is 5.92 Å². The van der Waals surface area contributed by atoms with Crippen molar-refractivity contribution in [3.63, 3.8) is 0 Å². The normalized spacial score (nSPS) is 12.3. The van der Waals surface area contributed by atoms with Crippen LogP contribution < -0.4 is 15.8 Å². The maximum Gasteiger partial charge on any atom is 0.234 e. The topological polar surface area (TPSA) is 64.3 Å². The van der Waals surface area contributed by atoms with E-state index in [9.17, 15) is 4.79 Å². The molecule has 0 radical (unpaired) electrons. The first-order valence-corrected chi connectivity index (χ1v) is 6.68. The Labute approximate surface area is 119 Å². The lowest BCUT2D eigenvalue weighted by molar-refractivity contribution is -0.120. The lowest BCUT2D eigenvalue weighted by Crippen LogP contribution is -2.34. The molecule has 19 heavy (non-hydrogen) atoms. The number of methoxy groups -OCH3 is 1. The molecule has 0 aromatic heterocycles. The standard InChI is InChI=1S/C14H21ClN2O2/c1-9(2)6-12(17-14(18)8-16)11-7-10(15)4-5-13(11)19-3/h4-5,7,9,12H,6,8,16H2,1-3H3,(H,17,18). The van der Waals surface area contributed by atoms with Crippen LogP contribution in [0.4, 0.5) is 0 Å². The van der Waals surface area contributed by atoms with Gasteiger partial charge in [0.2, 0.25) is 5.91 Å². The Hall–Kier alpha value is -1.26. The summed E-state index contributed by atoms with van der Waals surface area (Å²) in [6, 6.07) is 5.25. The fourth-order valence-electron chi connectivity index (χ4n) is 1.97. The molecule has 1 aromatic carbocycles. The Morgan fingerprint density at radius 3 is 2.68 bits per heavy atom. The molecule has 0 saturated carbocycles. The van der Waals surface area contributed by atoms with Crippen molar-refractivity contribution in [1.82, 2.24) is 5.32 Å². The number of hydrogen-bond donors (Lipinski definition) is 2. The zero-order valence-electron chi connectivity index (χ0n) is 11.6. The number of rotatable bonds is 6. The average molecular weight is 285 g/mol. The van der Waals surface area contributed by atoms with Crippen molar-refractivity contribution in [2.45, 2.75) is 26.3 Å². The Kier molecular flexibility index (Phi) is 6.12. The fraction of sp³-hybridized carbons (Fsp3) is 0.500. The molecule has 0 aliphatic rings. The van der Waals surface area contributed by atoms with E-state index in [4.69, 9.17) is 22.1 Å². The van der Waals surface area contributed by atoms with Crippen LogP contribution in [-0.2, 0) is 4.79 Å². The number of nitrogens with one attached hydrogen (secondary N) is 1. The number of nitrogens with two attached hydrogens (primary N) is 1. The first-order chi connectivity index (χ1) is 8.97. The molecule has 0 aliphatic heterocycles. The number of benzene rings is 1. The van der Waals surface area contributed by atoms with Gasteiger partial charge in [0.15, 0.2) is 0 Å². The van der Waals surface area contributed by atoms with Crippen LogP contribution in [0.25, 0.3) is 0 Å². The summed E-state index contributed by atoms with van der Waals surface area (Å²) in [5, 5.41) is 3.53. The predicted molar refractivity (Wildman–Crippen MR) is 77.4 cm³/mol. The lowest BCUT2D eigenvalue weighted by Gasteiger charge is -2.23. The molecular formula is C14H21ClN2O2. The average Bonchev–Trinajstić information content (AvgIpc) is 2.37. The number of amides is 1. The van der Waals surface area contributed by atoms with Gasteiger partial charge >= 0.3 is 0 Å². The summed E-state index contributed by atoms with van der Waals surface area (Å²) < 4.78 is 5.34. The maximum atomic E-state index is 11.6. The van der Waals surface area contributed by atoms with Gasteiger partial charge in [-0.05, 0) is 30.5 Å². The lowest BCUT2D eigenvalue weighted by atomic mass is 9.96. The van der Waals surface area contributed by atoms with E-state index in [0.717, 1.165) is 12.0 Å². The van der Waals surface area contributed by atoms with Crippen molar-refractivity contribution in [3.8, 4) is 5.75 Å². The fourth-order valence-corrected chi connectivity index (χ4v) is 2.15. The first kappa shape index (κ1) is 15.8. The van der Waals surface area contributed by atoms with E-state index >= 15 is 0 Å². The molecule has 5 heteroatoms. The number of carbonyl (C=O) groups excluding carboxylic acids is 1. The van der Waals surface area contributed by atoms with Gasteiger partial charge in [-0.25, -0.2) is 0 Å². The van der Waals surface area contributed by atoms with Crippen LogP contribution in [-0.4, -0.2) is 19.6 Å². The summed E-state index contributed by atoms with van der Waals surface area (Å²) in [6.45, 7) is 4.16. The third-order valence-corrected chi connectivity index (χ3v) is 3.03. The van der Waals surface area contributed by atoms with E-state index < -0.39 is 0 Å². The molecule has 0 aliphatic carbocycles. The van der Waals surface area contributed by atoms with E-state index in [1.165, 1.54) is 0 Å². The van der Waals surface area contributed by atoms with Gasteiger partial charge in [-0.3, -0.25) is 4.79 Å². The number of carbonyl (C=O) groups is 1. The van der Waals surface area contributed by atoms with Crippen LogP contribution in [0.2, 0.25) is 5.02 Å². The highest BCUT2D eigenvalue weighted by Gasteiger charge is 2.19. The van der Waals surface area contributed by atoms with Gasteiger partial charge in [-0.2, -0.15) is 0 Å². The van der Waals surface area contributed by atoms with Gasteiger partial charge in [0.25, 0.3) is 0 Å². The minimum absolute atomic E-state index is 0.0303. The highest BCUT2D eigenvalue weighted by Crippen LogP contribution is 2.31. The minimum atomic E-state index is -0.187. The van der Waals surface area contributed by atoms with Crippen molar-refractivity contribution < 1.29 is 9.53 Å². The number of halogens is 1. The van der Waals surface area contributed by atoms with Gasteiger partial charge < -0.3 is 15.8 Å². The monoisotopic (exact) mass is 284 g/mol. The second kappa shape index (κ2) is 7.36. The SMILES string of the molecule is COc1ccc(Cl)cc1C(CC(C)C)NC(=O)CN. The zero-order chi connectivity index (χ0) is 14.4. The second-order valence-electron chi connectivity index (χ2n) is 4.84. The van der Waals surface area contributed by atoms with Gasteiger partial charge in [0, 0.05) is 10.6 Å². The molecular weight excluding hydrogens is 264 g/mol. The van der Waals surface area contributed by atoms with E-state index in [-0.39, 0.29) is 18.5 Å². The Morgan fingerprint density at radius 2 is 2.16 bits per heavy atom. The third-order valence-electron chi connectivity index (χ3n) is 2.79.